The zero-order chi connectivity index (χ0) is 12.8. The molecule has 0 radical (unpaired) electrons. The van der Waals surface area contributed by atoms with E-state index in [4.69, 9.17) is 4.74 Å². The van der Waals surface area contributed by atoms with Crippen LogP contribution in [0.1, 0.15) is 58.8 Å². The van der Waals surface area contributed by atoms with E-state index in [0.717, 1.165) is 12.4 Å². The molecule has 0 aliphatic heterocycles. The highest BCUT2D eigenvalue weighted by Crippen LogP contribution is 2.08. The van der Waals surface area contributed by atoms with Crippen LogP contribution in [-0.2, 0) is 4.74 Å². The van der Waals surface area contributed by atoms with Gasteiger partial charge in [-0.1, -0.05) is 37.8 Å². The highest BCUT2D eigenvalue weighted by atomic mass is 32.2. The van der Waals surface area contributed by atoms with Gasteiger partial charge in [0, 0.05) is 12.4 Å². The highest BCUT2D eigenvalue weighted by molar-refractivity contribution is 7.98. The molecule has 17 heavy (non-hydrogen) atoms. The first kappa shape index (κ1) is 17.1. The van der Waals surface area contributed by atoms with Crippen molar-refractivity contribution in [2.75, 3.05) is 18.6 Å². The normalized spacial score (nSPS) is 11.8. The van der Waals surface area contributed by atoms with Crippen LogP contribution in [0.2, 0.25) is 0 Å². The average molecular weight is 258 g/mol. The fourth-order valence-electron chi connectivity index (χ4n) is 1.67. The van der Waals surface area contributed by atoms with E-state index in [2.05, 4.69) is 32.3 Å². The van der Waals surface area contributed by atoms with Crippen LogP contribution in [0, 0.1) is 0 Å². The van der Waals surface area contributed by atoms with Gasteiger partial charge in [-0.2, -0.15) is 11.8 Å². The van der Waals surface area contributed by atoms with Gasteiger partial charge in [-0.25, -0.2) is 0 Å². The second-order valence-corrected chi connectivity index (χ2v) is 5.67. The Hall–Kier alpha value is 0.0500. The summed E-state index contributed by atoms with van der Waals surface area (Å²) in [5.74, 6) is 1.16. The molecule has 102 valence electrons. The first-order valence-electron chi connectivity index (χ1n) is 7.03. The fourth-order valence-corrected chi connectivity index (χ4v) is 2.00. The van der Waals surface area contributed by atoms with E-state index >= 15 is 0 Å². The number of unbranched alkanes of at least 4 members (excludes halogenated alkanes) is 6. The summed E-state index contributed by atoms with van der Waals surface area (Å²) in [7, 11) is 0. The maximum Gasteiger partial charge on any atom is 0.0518 e. The molecule has 2 heteroatoms. The van der Waals surface area contributed by atoms with Crippen molar-refractivity contribution < 1.29 is 4.74 Å². The van der Waals surface area contributed by atoms with Crippen molar-refractivity contribution >= 4 is 11.8 Å². The van der Waals surface area contributed by atoms with Gasteiger partial charge in [0.2, 0.25) is 0 Å². The molecular weight excluding hydrogens is 228 g/mol. The molecule has 0 saturated carbocycles. The molecule has 0 unspecified atom stereocenters. The molecule has 0 heterocycles. The second kappa shape index (κ2) is 14.1. The van der Waals surface area contributed by atoms with E-state index in [-0.39, 0.29) is 0 Å². The summed E-state index contributed by atoms with van der Waals surface area (Å²) in [6.45, 7) is 5.14. The van der Waals surface area contributed by atoms with E-state index < -0.39 is 0 Å². The summed E-state index contributed by atoms with van der Waals surface area (Å²) in [5, 5.41) is 0. The molecule has 0 saturated heterocycles. The molecule has 1 nitrogen and oxygen atoms in total. The Morgan fingerprint density at radius 1 is 0.941 bits per heavy atom. The van der Waals surface area contributed by atoms with Gasteiger partial charge in [-0.3, -0.25) is 0 Å². The first-order valence-corrected chi connectivity index (χ1v) is 8.42. The van der Waals surface area contributed by atoms with Gasteiger partial charge < -0.3 is 4.74 Å². The molecule has 0 N–H and O–H groups in total. The maximum absolute atomic E-state index is 5.51. The van der Waals surface area contributed by atoms with Crippen molar-refractivity contribution in [1.82, 2.24) is 0 Å². The molecule has 0 aliphatic carbocycles. The lowest BCUT2D eigenvalue weighted by molar-refractivity contribution is 0.0757. The first-order chi connectivity index (χ1) is 8.27. The number of allylic oxidation sites excluding steroid dienone is 1. The van der Waals surface area contributed by atoms with Crippen molar-refractivity contribution in [1.29, 1.82) is 0 Å². The number of hydrogen-bond donors (Lipinski definition) is 0. The Bertz CT molecular complexity index is 166. The molecule has 0 fully saturated rings. The smallest absolute Gasteiger partial charge is 0.0518 e. The van der Waals surface area contributed by atoms with Crippen molar-refractivity contribution in [3.05, 3.63) is 12.2 Å². The van der Waals surface area contributed by atoms with Gasteiger partial charge in [0.25, 0.3) is 0 Å². The van der Waals surface area contributed by atoms with E-state index in [1.165, 1.54) is 44.9 Å². The molecule has 0 rings (SSSR count). The Morgan fingerprint density at radius 3 is 2.24 bits per heavy atom. The van der Waals surface area contributed by atoms with Crippen LogP contribution in [0.25, 0.3) is 0 Å². The molecule has 0 aliphatic rings. The maximum atomic E-state index is 5.51. The zero-order valence-corrected chi connectivity index (χ0v) is 12.7. The van der Waals surface area contributed by atoms with Crippen LogP contribution >= 0.6 is 11.8 Å². The third-order valence-corrected chi connectivity index (χ3v) is 3.17. The van der Waals surface area contributed by atoms with Gasteiger partial charge >= 0.3 is 0 Å². The van der Waals surface area contributed by atoms with Gasteiger partial charge in [-0.15, -0.1) is 0 Å². The van der Waals surface area contributed by atoms with E-state index in [1.807, 2.05) is 11.8 Å². The van der Waals surface area contributed by atoms with Crippen molar-refractivity contribution in [3.63, 3.8) is 0 Å². The molecule has 0 amide bonds. The van der Waals surface area contributed by atoms with Crippen molar-refractivity contribution in [2.24, 2.45) is 0 Å². The largest absolute Gasteiger partial charge is 0.379 e. The Morgan fingerprint density at radius 2 is 1.59 bits per heavy atom. The minimum atomic E-state index is 0.392. The van der Waals surface area contributed by atoms with Gasteiger partial charge in [0.15, 0.2) is 0 Å². The molecule has 0 aromatic heterocycles. The highest BCUT2D eigenvalue weighted by Gasteiger charge is 1.93. The second-order valence-electron chi connectivity index (χ2n) is 4.76. The zero-order valence-electron chi connectivity index (χ0n) is 11.9. The van der Waals surface area contributed by atoms with Crippen LogP contribution in [0.5, 0.6) is 0 Å². The summed E-state index contributed by atoms with van der Waals surface area (Å²) >= 11 is 1.88. The molecule has 0 aromatic rings. The van der Waals surface area contributed by atoms with E-state index in [0.29, 0.717) is 6.10 Å². The fraction of sp³-hybridized carbons (Fsp3) is 0.867. The minimum Gasteiger partial charge on any atom is -0.379 e. The van der Waals surface area contributed by atoms with Gasteiger partial charge in [0.1, 0.15) is 0 Å². The van der Waals surface area contributed by atoms with Crippen LogP contribution in [0.3, 0.4) is 0 Å². The predicted molar refractivity (Wildman–Crippen MR) is 80.9 cm³/mol. The lowest BCUT2D eigenvalue weighted by Crippen LogP contribution is -2.03. The third kappa shape index (κ3) is 16.1. The van der Waals surface area contributed by atoms with Gasteiger partial charge in [0.05, 0.1) is 6.10 Å². The summed E-state index contributed by atoms with van der Waals surface area (Å²) in [6, 6.07) is 0. The summed E-state index contributed by atoms with van der Waals surface area (Å²) < 4.78 is 5.51. The number of hydrogen-bond acceptors (Lipinski definition) is 2. The Balaban J connectivity index is 2.98. The predicted octanol–water partition coefficient (Wildman–Crippen LogP) is 5.06. The Kier molecular flexibility index (Phi) is 14.2. The Labute approximate surface area is 112 Å². The van der Waals surface area contributed by atoms with E-state index in [9.17, 15) is 0 Å². The van der Waals surface area contributed by atoms with Crippen LogP contribution in [0.15, 0.2) is 12.2 Å². The summed E-state index contributed by atoms with van der Waals surface area (Å²) in [5.41, 5.74) is 0. The van der Waals surface area contributed by atoms with Crippen LogP contribution in [0.4, 0.5) is 0 Å². The van der Waals surface area contributed by atoms with Crippen molar-refractivity contribution in [2.45, 2.75) is 64.9 Å². The molecule has 0 spiro atoms. The van der Waals surface area contributed by atoms with E-state index in [1.54, 1.807) is 0 Å². The summed E-state index contributed by atoms with van der Waals surface area (Å²) in [6.07, 6.45) is 16.5. The standard InChI is InChI=1S/C15H30OS/c1-15(2)16-13-11-9-7-5-4-6-8-10-12-14-17-3/h10,12,15H,4-9,11,13-14H2,1-3H3/b12-10-. The molecule has 0 bridgehead atoms. The lowest BCUT2D eigenvalue weighted by Gasteiger charge is -2.06. The average Bonchev–Trinajstić information content (AvgIpc) is 2.30. The monoisotopic (exact) mass is 258 g/mol. The number of rotatable bonds is 12. The van der Waals surface area contributed by atoms with Gasteiger partial charge in [-0.05, 0) is 39.4 Å². The van der Waals surface area contributed by atoms with Crippen molar-refractivity contribution in [3.8, 4) is 0 Å². The lowest BCUT2D eigenvalue weighted by atomic mass is 10.1. The topological polar surface area (TPSA) is 9.23 Å². The SMILES string of the molecule is CSC/C=C\CCCCCCCCOC(C)C. The third-order valence-electron chi connectivity index (χ3n) is 2.65. The number of thioether (sulfide) groups is 1. The number of ether oxygens (including phenoxy) is 1. The minimum absolute atomic E-state index is 0.392. The quantitative estimate of drug-likeness (QED) is 0.357. The summed E-state index contributed by atoms with van der Waals surface area (Å²) in [4.78, 5) is 0. The molecule has 0 atom stereocenters. The van der Waals surface area contributed by atoms with Crippen LogP contribution < -0.4 is 0 Å². The molecular formula is C15H30OS. The molecule has 0 aromatic carbocycles. The van der Waals surface area contributed by atoms with Crippen LogP contribution in [-0.4, -0.2) is 24.7 Å².